The molecule has 1 aromatic rings. The van der Waals surface area contributed by atoms with Gasteiger partial charge in [0, 0.05) is 12.5 Å². The van der Waals surface area contributed by atoms with Crippen LogP contribution in [0.3, 0.4) is 0 Å². The molecule has 0 aliphatic rings. The lowest BCUT2D eigenvalue weighted by molar-refractivity contribution is 0.639. The molecule has 88 valence electrons. The van der Waals surface area contributed by atoms with Crippen molar-refractivity contribution in [2.24, 2.45) is 16.5 Å². The van der Waals surface area contributed by atoms with Gasteiger partial charge < -0.3 is 11.5 Å². The minimum atomic E-state index is 0.0471. The Labute approximate surface area is 95.8 Å². The maximum absolute atomic E-state index is 5.39. The van der Waals surface area contributed by atoms with Crippen LogP contribution in [0.2, 0.25) is 0 Å². The second kappa shape index (κ2) is 4.83. The number of hydrogen-bond donors (Lipinski definition) is 2. The topological polar surface area (TPSA) is 82.2 Å². The number of allylic oxidation sites excluding steroid dienone is 1. The molecule has 0 amide bonds. The van der Waals surface area contributed by atoms with Crippen LogP contribution in [-0.2, 0) is 6.54 Å². The number of nitrogens with zero attached hydrogens (tertiary/aromatic N) is 3. The standard InChI is InChI=1S/C11H19N5/c1-5-16-6-9(14-11(12)13)10(15-16)8(4)7(2)3/h6,8H,2,5H2,1,3-4H3,(H4,12,13,14). The predicted molar refractivity (Wildman–Crippen MR) is 66.6 cm³/mol. The molecule has 4 N–H and O–H groups in total. The molecule has 5 nitrogen and oxygen atoms in total. The Kier molecular flexibility index (Phi) is 3.71. The van der Waals surface area contributed by atoms with Gasteiger partial charge in [-0.3, -0.25) is 4.68 Å². The van der Waals surface area contributed by atoms with E-state index in [9.17, 15) is 0 Å². The molecule has 1 unspecified atom stereocenters. The zero-order valence-electron chi connectivity index (χ0n) is 10.1. The van der Waals surface area contributed by atoms with Crippen LogP contribution in [0.25, 0.3) is 0 Å². The van der Waals surface area contributed by atoms with E-state index in [2.05, 4.69) is 16.7 Å². The lowest BCUT2D eigenvalue weighted by Crippen LogP contribution is -2.22. The van der Waals surface area contributed by atoms with E-state index in [-0.39, 0.29) is 11.9 Å². The highest BCUT2D eigenvalue weighted by molar-refractivity contribution is 5.79. The zero-order chi connectivity index (χ0) is 12.3. The van der Waals surface area contributed by atoms with Crippen LogP contribution in [0.1, 0.15) is 32.4 Å². The van der Waals surface area contributed by atoms with Crippen molar-refractivity contribution in [2.75, 3.05) is 0 Å². The molecule has 0 fully saturated rings. The van der Waals surface area contributed by atoms with Crippen molar-refractivity contribution in [3.63, 3.8) is 0 Å². The third-order valence-electron chi connectivity index (χ3n) is 2.49. The molecule has 0 saturated carbocycles. The van der Waals surface area contributed by atoms with E-state index in [1.165, 1.54) is 0 Å². The molecule has 0 saturated heterocycles. The summed E-state index contributed by atoms with van der Waals surface area (Å²) in [5.74, 6) is 0.191. The SMILES string of the molecule is C=C(C)C(C)c1nn(CC)cc1N=C(N)N. The molecule has 0 aliphatic heterocycles. The lowest BCUT2D eigenvalue weighted by Gasteiger charge is -2.08. The van der Waals surface area contributed by atoms with E-state index in [0.29, 0.717) is 0 Å². The summed E-state index contributed by atoms with van der Waals surface area (Å²) < 4.78 is 1.82. The normalized spacial score (nSPS) is 12.2. The van der Waals surface area contributed by atoms with Crippen molar-refractivity contribution < 1.29 is 0 Å². The Balaban J connectivity index is 3.20. The second-order valence-corrected chi connectivity index (χ2v) is 3.86. The van der Waals surface area contributed by atoms with E-state index < -0.39 is 0 Å². The first-order valence-corrected chi connectivity index (χ1v) is 5.28. The third kappa shape index (κ3) is 2.62. The Bertz CT molecular complexity index is 412. The third-order valence-corrected chi connectivity index (χ3v) is 2.49. The molecule has 0 bridgehead atoms. The highest BCUT2D eigenvalue weighted by Crippen LogP contribution is 2.29. The summed E-state index contributed by atoms with van der Waals surface area (Å²) in [5, 5.41) is 4.44. The Morgan fingerprint density at radius 3 is 2.69 bits per heavy atom. The molecule has 5 heteroatoms. The van der Waals surface area contributed by atoms with Gasteiger partial charge in [-0.05, 0) is 13.8 Å². The highest BCUT2D eigenvalue weighted by Gasteiger charge is 2.15. The monoisotopic (exact) mass is 221 g/mol. The van der Waals surface area contributed by atoms with Gasteiger partial charge in [-0.25, -0.2) is 4.99 Å². The Morgan fingerprint density at radius 2 is 2.25 bits per heavy atom. The van der Waals surface area contributed by atoms with Crippen LogP contribution in [0, 0.1) is 0 Å². The summed E-state index contributed by atoms with van der Waals surface area (Å²) in [6, 6.07) is 0. The quantitative estimate of drug-likeness (QED) is 0.459. The number of nitrogens with two attached hydrogens (primary N) is 2. The molecule has 0 aliphatic carbocycles. The van der Waals surface area contributed by atoms with Gasteiger partial charge in [0.15, 0.2) is 5.96 Å². The summed E-state index contributed by atoms with van der Waals surface area (Å²) in [5.41, 5.74) is 13.4. The fraction of sp³-hybridized carbons (Fsp3) is 0.455. The minimum Gasteiger partial charge on any atom is -0.370 e. The van der Waals surface area contributed by atoms with Crippen LogP contribution in [-0.4, -0.2) is 15.7 Å². The van der Waals surface area contributed by atoms with Crippen molar-refractivity contribution in [1.29, 1.82) is 0 Å². The number of aliphatic imine (C=N–C) groups is 1. The summed E-state index contributed by atoms with van der Waals surface area (Å²) >= 11 is 0. The summed E-state index contributed by atoms with van der Waals surface area (Å²) in [7, 11) is 0. The molecule has 0 spiro atoms. The Morgan fingerprint density at radius 1 is 1.62 bits per heavy atom. The molecular formula is C11H19N5. The van der Waals surface area contributed by atoms with Gasteiger partial charge in [-0.15, -0.1) is 0 Å². The fourth-order valence-electron chi connectivity index (χ4n) is 1.35. The first-order chi connectivity index (χ1) is 7.45. The van der Waals surface area contributed by atoms with Gasteiger partial charge in [0.1, 0.15) is 5.69 Å². The molecular weight excluding hydrogens is 202 g/mol. The second-order valence-electron chi connectivity index (χ2n) is 3.86. The number of guanidine groups is 1. The first-order valence-electron chi connectivity index (χ1n) is 5.28. The van der Waals surface area contributed by atoms with E-state index in [0.717, 1.165) is 23.5 Å². The van der Waals surface area contributed by atoms with Crippen molar-refractivity contribution in [3.05, 3.63) is 24.0 Å². The van der Waals surface area contributed by atoms with E-state index in [1.807, 2.05) is 31.6 Å². The molecule has 1 rings (SSSR count). The largest absolute Gasteiger partial charge is 0.370 e. The van der Waals surface area contributed by atoms with Gasteiger partial charge in [0.25, 0.3) is 0 Å². The van der Waals surface area contributed by atoms with Gasteiger partial charge in [-0.1, -0.05) is 19.1 Å². The molecule has 0 radical (unpaired) electrons. The first kappa shape index (κ1) is 12.3. The van der Waals surface area contributed by atoms with Crippen LogP contribution in [0.5, 0.6) is 0 Å². The average molecular weight is 221 g/mol. The minimum absolute atomic E-state index is 0.0471. The van der Waals surface area contributed by atoms with Gasteiger partial charge in [-0.2, -0.15) is 5.10 Å². The molecule has 0 aromatic carbocycles. The number of aromatic nitrogens is 2. The zero-order valence-corrected chi connectivity index (χ0v) is 10.1. The molecule has 16 heavy (non-hydrogen) atoms. The van der Waals surface area contributed by atoms with Crippen LogP contribution in [0.4, 0.5) is 5.69 Å². The molecule has 1 atom stereocenters. The molecule has 1 heterocycles. The summed E-state index contributed by atoms with van der Waals surface area (Å²) in [6.07, 6.45) is 1.84. The fourth-order valence-corrected chi connectivity index (χ4v) is 1.35. The van der Waals surface area contributed by atoms with Crippen LogP contribution >= 0.6 is 0 Å². The number of hydrogen-bond acceptors (Lipinski definition) is 2. The van der Waals surface area contributed by atoms with E-state index in [1.54, 1.807) is 0 Å². The van der Waals surface area contributed by atoms with Gasteiger partial charge >= 0.3 is 0 Å². The van der Waals surface area contributed by atoms with Crippen molar-refractivity contribution in [3.8, 4) is 0 Å². The van der Waals surface area contributed by atoms with Crippen molar-refractivity contribution in [1.82, 2.24) is 9.78 Å². The maximum Gasteiger partial charge on any atom is 0.191 e. The summed E-state index contributed by atoms with van der Waals surface area (Å²) in [6.45, 7) is 10.7. The van der Waals surface area contributed by atoms with Crippen LogP contribution in [0.15, 0.2) is 23.3 Å². The maximum atomic E-state index is 5.39. The number of aryl methyl sites for hydroxylation is 1. The average Bonchev–Trinajstić information content (AvgIpc) is 2.58. The van der Waals surface area contributed by atoms with E-state index >= 15 is 0 Å². The van der Waals surface area contributed by atoms with E-state index in [4.69, 9.17) is 11.5 Å². The lowest BCUT2D eigenvalue weighted by atomic mass is 10.00. The van der Waals surface area contributed by atoms with Crippen LogP contribution < -0.4 is 11.5 Å². The summed E-state index contributed by atoms with van der Waals surface area (Å²) in [4.78, 5) is 4.08. The predicted octanol–water partition coefficient (Wildman–Crippen LogP) is 1.49. The number of rotatable bonds is 4. The highest BCUT2D eigenvalue weighted by atomic mass is 15.3. The Hall–Kier alpha value is -1.78. The van der Waals surface area contributed by atoms with Crippen molar-refractivity contribution in [2.45, 2.75) is 33.2 Å². The van der Waals surface area contributed by atoms with Gasteiger partial charge in [0.2, 0.25) is 0 Å². The van der Waals surface area contributed by atoms with Crippen molar-refractivity contribution >= 4 is 11.6 Å². The molecule has 1 aromatic heterocycles. The van der Waals surface area contributed by atoms with Gasteiger partial charge in [0.05, 0.1) is 11.9 Å². The smallest absolute Gasteiger partial charge is 0.191 e.